The Bertz CT molecular complexity index is 1680. The minimum atomic E-state index is -0.859. The number of aliphatic hydroxyl groups excluding tert-OH is 1. The Hall–Kier alpha value is -4.54. The second-order valence-electron chi connectivity index (χ2n) is 9.68. The number of methoxy groups -OCH3 is 2. The minimum Gasteiger partial charge on any atom is -0.493 e. The third kappa shape index (κ3) is 3.07. The summed E-state index contributed by atoms with van der Waals surface area (Å²) in [6.07, 6.45) is 3.43. The summed E-state index contributed by atoms with van der Waals surface area (Å²) in [5.74, 6) is 1.97. The van der Waals surface area contributed by atoms with Crippen molar-refractivity contribution in [2.75, 3.05) is 14.2 Å². The molecule has 1 unspecified atom stereocenters. The van der Waals surface area contributed by atoms with Crippen LogP contribution in [0.5, 0.6) is 17.2 Å². The van der Waals surface area contributed by atoms with E-state index in [0.717, 1.165) is 49.7 Å². The SMILES string of the molecule is COc1cc2c3c(c4c(c2cc1OC)-c1ccccc1C4O)OC(c1ccccc1)(c1ccccc1)C=C3. The van der Waals surface area contributed by atoms with E-state index in [2.05, 4.69) is 42.5 Å². The Kier molecular flexibility index (Phi) is 5.07. The Morgan fingerprint density at radius 3 is 1.95 bits per heavy atom. The van der Waals surface area contributed by atoms with Gasteiger partial charge in [0.05, 0.1) is 14.2 Å². The van der Waals surface area contributed by atoms with E-state index < -0.39 is 11.7 Å². The van der Waals surface area contributed by atoms with Gasteiger partial charge in [0.2, 0.25) is 0 Å². The predicted molar refractivity (Wildman–Crippen MR) is 150 cm³/mol. The molecule has 5 aromatic carbocycles. The molecule has 0 aromatic heterocycles. The van der Waals surface area contributed by atoms with Crippen LogP contribution in [-0.2, 0) is 5.60 Å². The van der Waals surface area contributed by atoms with E-state index in [4.69, 9.17) is 14.2 Å². The van der Waals surface area contributed by atoms with E-state index in [9.17, 15) is 5.11 Å². The van der Waals surface area contributed by atoms with Crippen molar-refractivity contribution in [2.45, 2.75) is 11.7 Å². The molecule has 0 amide bonds. The van der Waals surface area contributed by atoms with Crippen LogP contribution in [0.15, 0.2) is 103 Å². The van der Waals surface area contributed by atoms with Crippen LogP contribution in [-0.4, -0.2) is 19.3 Å². The lowest BCUT2D eigenvalue weighted by Crippen LogP contribution is -2.34. The highest BCUT2D eigenvalue weighted by molar-refractivity contribution is 6.09. The molecule has 0 fully saturated rings. The average molecular weight is 499 g/mol. The van der Waals surface area contributed by atoms with Gasteiger partial charge in [-0.15, -0.1) is 0 Å². The first-order valence-electron chi connectivity index (χ1n) is 12.7. The fourth-order valence-corrected chi connectivity index (χ4v) is 6.02. The summed E-state index contributed by atoms with van der Waals surface area (Å²) in [5.41, 5.74) is 5.69. The Morgan fingerprint density at radius 2 is 1.32 bits per heavy atom. The summed E-state index contributed by atoms with van der Waals surface area (Å²) < 4.78 is 18.5. The maximum absolute atomic E-state index is 11.7. The minimum absolute atomic E-state index is 0.643. The van der Waals surface area contributed by atoms with Crippen LogP contribution in [0.25, 0.3) is 28.0 Å². The van der Waals surface area contributed by atoms with Crippen molar-refractivity contribution in [3.63, 3.8) is 0 Å². The summed E-state index contributed by atoms with van der Waals surface area (Å²) in [6.45, 7) is 0. The van der Waals surface area contributed by atoms with Gasteiger partial charge in [-0.25, -0.2) is 0 Å². The molecule has 1 N–H and O–H groups in total. The molecule has 4 nitrogen and oxygen atoms in total. The van der Waals surface area contributed by atoms with E-state index in [-0.39, 0.29) is 0 Å². The highest BCUT2D eigenvalue weighted by Gasteiger charge is 2.42. The van der Waals surface area contributed by atoms with Crippen molar-refractivity contribution in [3.05, 3.63) is 131 Å². The van der Waals surface area contributed by atoms with Gasteiger partial charge in [-0.2, -0.15) is 0 Å². The molecule has 4 heteroatoms. The normalized spacial score (nSPS) is 16.3. The monoisotopic (exact) mass is 498 g/mol. The zero-order valence-electron chi connectivity index (χ0n) is 21.1. The van der Waals surface area contributed by atoms with Crippen molar-refractivity contribution < 1.29 is 19.3 Å². The van der Waals surface area contributed by atoms with E-state index in [1.165, 1.54) is 0 Å². The third-order valence-corrected chi connectivity index (χ3v) is 7.79. The largest absolute Gasteiger partial charge is 0.493 e. The van der Waals surface area contributed by atoms with Crippen molar-refractivity contribution in [1.82, 2.24) is 0 Å². The van der Waals surface area contributed by atoms with Gasteiger partial charge in [0, 0.05) is 22.3 Å². The van der Waals surface area contributed by atoms with Gasteiger partial charge in [-0.05, 0) is 51.7 Å². The van der Waals surface area contributed by atoms with Crippen LogP contribution < -0.4 is 14.2 Å². The standard InChI is InChI=1S/C34H26O4/c1-36-28-19-26-25-17-18-34(21-11-5-3-6-12-21,22-13-7-4-8-14-22)38-33(25)31-30(27(26)20-29(28)37-2)23-15-9-10-16-24(23)32(31)35/h3-20,32,35H,1-2H3. The molecule has 1 aliphatic heterocycles. The molecule has 5 aromatic rings. The van der Waals surface area contributed by atoms with Crippen LogP contribution in [0.3, 0.4) is 0 Å². The molecule has 0 bridgehead atoms. The molecule has 1 atom stereocenters. The molecule has 0 radical (unpaired) electrons. The van der Waals surface area contributed by atoms with Crippen molar-refractivity contribution >= 4 is 16.8 Å². The second kappa shape index (κ2) is 8.51. The summed E-state index contributed by atoms with van der Waals surface area (Å²) in [4.78, 5) is 0. The molecule has 2 aliphatic rings. The molecule has 1 heterocycles. The predicted octanol–water partition coefficient (Wildman–Crippen LogP) is 7.27. The number of fused-ring (bicyclic) bond motifs is 8. The number of rotatable bonds is 4. The van der Waals surface area contributed by atoms with Crippen molar-refractivity contribution in [1.29, 1.82) is 0 Å². The Balaban J connectivity index is 1.59. The molecule has 38 heavy (non-hydrogen) atoms. The molecule has 7 rings (SSSR count). The summed E-state index contributed by atoms with van der Waals surface area (Å²) in [5, 5.41) is 13.7. The Labute approximate surface area is 221 Å². The fourth-order valence-electron chi connectivity index (χ4n) is 6.02. The van der Waals surface area contributed by atoms with Crippen molar-refractivity contribution in [3.8, 4) is 28.4 Å². The van der Waals surface area contributed by atoms with Gasteiger partial charge in [0.1, 0.15) is 11.9 Å². The fraction of sp³-hybridized carbons (Fsp3) is 0.118. The molecule has 186 valence electrons. The maximum atomic E-state index is 11.7. The molecule has 0 spiro atoms. The number of hydrogen-bond donors (Lipinski definition) is 1. The molecule has 1 aliphatic carbocycles. The van der Waals surface area contributed by atoms with E-state index >= 15 is 0 Å². The van der Waals surface area contributed by atoms with Gasteiger partial charge in [-0.3, -0.25) is 0 Å². The number of aliphatic hydroxyl groups is 1. The summed E-state index contributed by atoms with van der Waals surface area (Å²) >= 11 is 0. The lowest BCUT2D eigenvalue weighted by molar-refractivity contribution is 0.150. The van der Waals surface area contributed by atoms with Crippen molar-refractivity contribution in [2.24, 2.45) is 0 Å². The van der Waals surface area contributed by atoms with E-state index in [0.29, 0.717) is 17.2 Å². The highest BCUT2D eigenvalue weighted by atomic mass is 16.5. The zero-order chi connectivity index (χ0) is 25.9. The first-order valence-corrected chi connectivity index (χ1v) is 12.7. The molecule has 0 saturated carbocycles. The van der Waals surface area contributed by atoms with Crippen LogP contribution >= 0.6 is 0 Å². The van der Waals surface area contributed by atoms with Gasteiger partial charge in [-0.1, -0.05) is 84.9 Å². The van der Waals surface area contributed by atoms with Crippen LogP contribution in [0.4, 0.5) is 0 Å². The molecule has 0 saturated heterocycles. The topological polar surface area (TPSA) is 47.9 Å². The first kappa shape index (κ1) is 22.6. The first-order chi connectivity index (χ1) is 18.7. The lowest BCUT2D eigenvalue weighted by atomic mass is 9.82. The van der Waals surface area contributed by atoms with E-state index in [1.807, 2.05) is 66.7 Å². The van der Waals surface area contributed by atoms with Crippen LogP contribution in [0, 0.1) is 0 Å². The summed E-state index contributed by atoms with van der Waals surface area (Å²) in [6, 6.07) is 32.5. The van der Waals surface area contributed by atoms with Gasteiger partial charge >= 0.3 is 0 Å². The number of ether oxygens (including phenoxy) is 3. The molecular formula is C34H26O4. The van der Waals surface area contributed by atoms with E-state index in [1.54, 1.807) is 14.2 Å². The number of hydrogen-bond acceptors (Lipinski definition) is 4. The smallest absolute Gasteiger partial charge is 0.178 e. The average Bonchev–Trinajstić information content (AvgIpc) is 3.29. The van der Waals surface area contributed by atoms with Crippen LogP contribution in [0.1, 0.15) is 33.9 Å². The van der Waals surface area contributed by atoms with Gasteiger partial charge in [0.25, 0.3) is 0 Å². The molecular weight excluding hydrogens is 472 g/mol. The third-order valence-electron chi connectivity index (χ3n) is 7.79. The maximum Gasteiger partial charge on any atom is 0.178 e. The zero-order valence-corrected chi connectivity index (χ0v) is 21.1. The van der Waals surface area contributed by atoms with Crippen LogP contribution in [0.2, 0.25) is 0 Å². The Morgan fingerprint density at radius 1 is 0.737 bits per heavy atom. The van der Waals surface area contributed by atoms with Gasteiger partial charge in [0.15, 0.2) is 17.1 Å². The highest BCUT2D eigenvalue weighted by Crippen LogP contribution is 2.57. The number of benzene rings is 5. The quantitative estimate of drug-likeness (QED) is 0.283. The second-order valence-corrected chi connectivity index (χ2v) is 9.68. The summed E-state index contributed by atoms with van der Waals surface area (Å²) in [7, 11) is 3.28. The lowest BCUT2D eigenvalue weighted by Gasteiger charge is -2.38. The van der Waals surface area contributed by atoms with Gasteiger partial charge < -0.3 is 19.3 Å².